The summed E-state index contributed by atoms with van der Waals surface area (Å²) in [6, 6.07) is 10.4. The average molecular weight is 398 g/mol. The van der Waals surface area contributed by atoms with E-state index in [1.54, 1.807) is 18.2 Å². The van der Waals surface area contributed by atoms with E-state index < -0.39 is 5.91 Å². The van der Waals surface area contributed by atoms with Gasteiger partial charge in [-0.3, -0.25) is 4.79 Å². The monoisotopic (exact) mass is 396 g/mol. The van der Waals surface area contributed by atoms with Gasteiger partial charge in [0.05, 0.1) is 15.9 Å². The van der Waals surface area contributed by atoms with Crippen LogP contribution < -0.4 is 10.1 Å². The van der Waals surface area contributed by atoms with Crippen molar-refractivity contribution in [1.82, 2.24) is 0 Å². The number of amides is 1. The van der Waals surface area contributed by atoms with Crippen LogP contribution in [0.15, 0.2) is 39.7 Å². The SMILES string of the molecule is COc1ccc(NC(=O)/C(C#N)=C/c2ccc(Br)s2)cc1Cl. The summed E-state index contributed by atoms with van der Waals surface area (Å²) in [6.07, 6.45) is 1.54. The van der Waals surface area contributed by atoms with E-state index in [1.165, 1.54) is 24.5 Å². The lowest BCUT2D eigenvalue weighted by atomic mass is 10.2. The maximum atomic E-state index is 12.1. The molecule has 22 heavy (non-hydrogen) atoms. The number of methoxy groups -OCH3 is 1. The largest absolute Gasteiger partial charge is 0.495 e. The summed E-state index contributed by atoms with van der Waals surface area (Å²) < 4.78 is 5.97. The van der Waals surface area contributed by atoms with Crippen LogP contribution in [0.3, 0.4) is 0 Å². The summed E-state index contributed by atoms with van der Waals surface area (Å²) in [6.45, 7) is 0. The Labute approximate surface area is 145 Å². The number of hydrogen-bond acceptors (Lipinski definition) is 4. The summed E-state index contributed by atoms with van der Waals surface area (Å²) in [5.74, 6) is 0.0207. The molecule has 0 aliphatic rings. The Hall–Kier alpha value is -1.81. The van der Waals surface area contributed by atoms with Crippen molar-refractivity contribution in [2.75, 3.05) is 12.4 Å². The third kappa shape index (κ3) is 4.10. The van der Waals surface area contributed by atoms with E-state index in [-0.39, 0.29) is 5.57 Å². The topological polar surface area (TPSA) is 62.1 Å². The first kappa shape index (κ1) is 16.6. The highest BCUT2D eigenvalue weighted by Gasteiger charge is 2.11. The second-order valence-electron chi connectivity index (χ2n) is 4.12. The molecule has 2 aromatic rings. The number of rotatable bonds is 4. The van der Waals surface area contributed by atoms with Crippen LogP contribution in [0.2, 0.25) is 5.02 Å². The number of carbonyl (C=O) groups excluding carboxylic acids is 1. The Morgan fingerprint density at radius 3 is 2.77 bits per heavy atom. The highest BCUT2D eigenvalue weighted by molar-refractivity contribution is 9.11. The molecule has 0 spiro atoms. The minimum atomic E-state index is -0.492. The summed E-state index contributed by atoms with van der Waals surface area (Å²) in [5.41, 5.74) is 0.505. The third-order valence-electron chi connectivity index (χ3n) is 2.66. The molecule has 0 bridgehead atoms. The number of nitriles is 1. The first-order chi connectivity index (χ1) is 10.5. The van der Waals surface area contributed by atoms with Gasteiger partial charge in [-0.05, 0) is 52.3 Å². The quantitative estimate of drug-likeness (QED) is 0.600. The fraction of sp³-hybridized carbons (Fsp3) is 0.0667. The molecule has 0 saturated carbocycles. The molecule has 0 aliphatic carbocycles. The summed E-state index contributed by atoms with van der Waals surface area (Å²) in [5, 5.41) is 12.2. The molecule has 0 aliphatic heterocycles. The molecule has 0 saturated heterocycles. The van der Waals surface area contributed by atoms with Crippen LogP contribution in [0.25, 0.3) is 6.08 Å². The predicted octanol–water partition coefficient (Wildman–Crippen LogP) is 4.72. The average Bonchev–Trinajstić information content (AvgIpc) is 2.90. The van der Waals surface area contributed by atoms with Crippen molar-refractivity contribution in [2.24, 2.45) is 0 Å². The molecule has 0 radical (unpaired) electrons. The number of ether oxygens (including phenoxy) is 1. The van der Waals surface area contributed by atoms with E-state index in [0.717, 1.165) is 8.66 Å². The number of carbonyl (C=O) groups is 1. The van der Waals surface area contributed by atoms with Crippen molar-refractivity contribution in [3.05, 3.63) is 49.6 Å². The molecule has 0 fully saturated rings. The maximum absolute atomic E-state index is 12.1. The number of hydrogen-bond donors (Lipinski definition) is 1. The maximum Gasteiger partial charge on any atom is 0.266 e. The van der Waals surface area contributed by atoms with Crippen molar-refractivity contribution < 1.29 is 9.53 Å². The lowest BCUT2D eigenvalue weighted by Gasteiger charge is -2.07. The molecule has 4 nitrogen and oxygen atoms in total. The summed E-state index contributed by atoms with van der Waals surface area (Å²) >= 11 is 10.8. The van der Waals surface area contributed by atoms with Crippen LogP contribution >= 0.6 is 38.9 Å². The van der Waals surface area contributed by atoms with Gasteiger partial charge in [-0.15, -0.1) is 11.3 Å². The van der Waals surface area contributed by atoms with Gasteiger partial charge in [-0.25, -0.2) is 0 Å². The van der Waals surface area contributed by atoms with Crippen LogP contribution in [0.5, 0.6) is 5.75 Å². The fourth-order valence-electron chi connectivity index (χ4n) is 1.64. The fourth-order valence-corrected chi connectivity index (χ4v) is 3.26. The first-order valence-corrected chi connectivity index (χ1v) is 8.04. The van der Waals surface area contributed by atoms with Gasteiger partial charge in [0.25, 0.3) is 5.91 Å². The minimum absolute atomic E-state index is 0.0151. The van der Waals surface area contributed by atoms with Gasteiger partial charge in [0.2, 0.25) is 0 Å². The van der Waals surface area contributed by atoms with Crippen LogP contribution in [0.4, 0.5) is 5.69 Å². The van der Waals surface area contributed by atoms with Crippen molar-refractivity contribution in [1.29, 1.82) is 5.26 Å². The Bertz CT molecular complexity index is 780. The van der Waals surface area contributed by atoms with Crippen LogP contribution in [-0.4, -0.2) is 13.0 Å². The smallest absolute Gasteiger partial charge is 0.266 e. The van der Waals surface area contributed by atoms with Gasteiger partial charge in [0.15, 0.2) is 0 Å². The van der Waals surface area contributed by atoms with Crippen LogP contribution in [-0.2, 0) is 4.79 Å². The molecule has 7 heteroatoms. The number of benzene rings is 1. The molecular weight excluding hydrogens is 388 g/mol. The Morgan fingerprint density at radius 1 is 1.45 bits per heavy atom. The van der Waals surface area contributed by atoms with E-state index in [9.17, 15) is 4.79 Å². The number of thiophene rings is 1. The normalized spacial score (nSPS) is 10.9. The second-order valence-corrected chi connectivity index (χ2v) is 7.02. The van der Waals surface area contributed by atoms with Crippen LogP contribution in [0, 0.1) is 11.3 Å². The van der Waals surface area contributed by atoms with E-state index in [4.69, 9.17) is 21.6 Å². The zero-order chi connectivity index (χ0) is 16.1. The van der Waals surface area contributed by atoms with Crippen LogP contribution in [0.1, 0.15) is 4.88 Å². The summed E-state index contributed by atoms with van der Waals surface area (Å²) in [7, 11) is 1.51. The molecule has 1 aromatic heterocycles. The van der Waals surface area contributed by atoms with Gasteiger partial charge in [-0.1, -0.05) is 11.6 Å². The van der Waals surface area contributed by atoms with Crippen molar-refractivity contribution in [3.8, 4) is 11.8 Å². The third-order valence-corrected chi connectivity index (χ3v) is 4.52. The van der Waals surface area contributed by atoms with E-state index >= 15 is 0 Å². The molecule has 0 atom stereocenters. The molecule has 1 aromatic carbocycles. The molecule has 112 valence electrons. The molecule has 1 N–H and O–H groups in total. The minimum Gasteiger partial charge on any atom is -0.495 e. The molecule has 1 amide bonds. The Balaban J connectivity index is 2.18. The van der Waals surface area contributed by atoms with E-state index in [1.807, 2.05) is 18.2 Å². The van der Waals surface area contributed by atoms with E-state index in [2.05, 4.69) is 21.2 Å². The Kier molecular flexibility index (Phi) is 5.61. The van der Waals surface area contributed by atoms with Gasteiger partial charge in [-0.2, -0.15) is 5.26 Å². The standard InChI is InChI=1S/C15H10BrClN2O2S/c1-21-13-4-2-10(7-12(13)17)19-15(20)9(8-18)6-11-3-5-14(16)22-11/h2-7H,1H3,(H,19,20)/b9-6+. The first-order valence-electron chi connectivity index (χ1n) is 6.05. The lowest BCUT2D eigenvalue weighted by molar-refractivity contribution is -0.112. The zero-order valence-electron chi connectivity index (χ0n) is 11.4. The van der Waals surface area contributed by atoms with Crippen molar-refractivity contribution in [3.63, 3.8) is 0 Å². The highest BCUT2D eigenvalue weighted by atomic mass is 79.9. The molecule has 1 heterocycles. The predicted molar refractivity (Wildman–Crippen MR) is 92.2 cm³/mol. The number of nitrogens with zero attached hydrogens (tertiary/aromatic N) is 1. The van der Waals surface area contributed by atoms with Gasteiger partial charge in [0, 0.05) is 10.6 Å². The van der Waals surface area contributed by atoms with Gasteiger partial charge in [0.1, 0.15) is 17.4 Å². The lowest BCUT2D eigenvalue weighted by Crippen LogP contribution is -2.13. The van der Waals surface area contributed by atoms with Gasteiger partial charge < -0.3 is 10.1 Å². The van der Waals surface area contributed by atoms with E-state index in [0.29, 0.717) is 16.5 Å². The zero-order valence-corrected chi connectivity index (χ0v) is 14.6. The summed E-state index contributed by atoms with van der Waals surface area (Å²) in [4.78, 5) is 12.9. The molecule has 2 rings (SSSR count). The number of halogens is 2. The number of anilines is 1. The molecular formula is C15H10BrClN2O2S. The molecule has 0 unspecified atom stereocenters. The van der Waals surface area contributed by atoms with Crippen molar-refractivity contribution >= 4 is 56.5 Å². The Morgan fingerprint density at radius 2 is 2.23 bits per heavy atom. The van der Waals surface area contributed by atoms with Crippen molar-refractivity contribution in [2.45, 2.75) is 0 Å². The van der Waals surface area contributed by atoms with Gasteiger partial charge >= 0.3 is 0 Å². The number of nitrogens with one attached hydrogen (secondary N) is 1. The highest BCUT2D eigenvalue weighted by Crippen LogP contribution is 2.28. The second kappa shape index (κ2) is 7.45.